The van der Waals surface area contributed by atoms with Gasteiger partial charge >= 0.3 is 0 Å². The lowest BCUT2D eigenvalue weighted by Crippen LogP contribution is -2.20. The fourth-order valence-corrected chi connectivity index (χ4v) is 2.64. The van der Waals surface area contributed by atoms with Crippen molar-refractivity contribution in [3.05, 3.63) is 72.2 Å². The first-order valence-electron chi connectivity index (χ1n) is 8.33. The summed E-state index contributed by atoms with van der Waals surface area (Å²) in [5, 5.41) is 4.03. The third kappa shape index (κ3) is 3.98. The third-order valence-electron chi connectivity index (χ3n) is 3.84. The zero-order valence-electron chi connectivity index (χ0n) is 15.2. The van der Waals surface area contributed by atoms with Gasteiger partial charge < -0.3 is 9.47 Å². The van der Waals surface area contributed by atoms with Crippen molar-refractivity contribution in [2.45, 2.75) is 6.92 Å². The fraction of sp³-hybridized carbons (Fsp3) is 0.150. The van der Waals surface area contributed by atoms with Gasteiger partial charge in [0.2, 0.25) is 0 Å². The summed E-state index contributed by atoms with van der Waals surface area (Å²) < 4.78 is 12.6. The Morgan fingerprint density at radius 3 is 2.96 bits per heavy atom. The van der Waals surface area contributed by atoms with Crippen LogP contribution in [-0.4, -0.2) is 35.2 Å². The van der Waals surface area contributed by atoms with Gasteiger partial charge in [-0.05, 0) is 42.8 Å². The lowest BCUT2D eigenvalue weighted by atomic mass is 10.2. The lowest BCUT2D eigenvalue weighted by molar-refractivity contribution is 0.0948. The first kappa shape index (κ1) is 18.2. The molecule has 0 unspecified atom stereocenters. The van der Waals surface area contributed by atoms with E-state index >= 15 is 0 Å². The number of aryl methyl sites for hydroxylation is 1. The number of nitrogens with one attached hydrogen (secondary N) is 1. The largest absolute Gasteiger partial charge is 0.493 e. The minimum Gasteiger partial charge on any atom is -0.493 e. The van der Waals surface area contributed by atoms with E-state index in [0.717, 1.165) is 5.56 Å². The highest BCUT2D eigenvalue weighted by molar-refractivity contribution is 5.95. The minimum atomic E-state index is -0.333. The molecule has 3 rings (SSSR count). The molecule has 0 fully saturated rings. The summed E-state index contributed by atoms with van der Waals surface area (Å²) in [6, 6.07) is 10.9. The Bertz CT molecular complexity index is 1010. The van der Waals surface area contributed by atoms with Gasteiger partial charge in [-0.2, -0.15) is 5.10 Å². The van der Waals surface area contributed by atoms with Crippen LogP contribution in [0.25, 0.3) is 5.65 Å². The summed E-state index contributed by atoms with van der Waals surface area (Å²) in [6.45, 7) is 5.80. The smallest absolute Gasteiger partial charge is 0.290 e. The number of benzene rings is 1. The van der Waals surface area contributed by atoms with Gasteiger partial charge in [0.25, 0.3) is 5.91 Å². The predicted octanol–water partition coefficient (Wildman–Crippen LogP) is 2.98. The highest BCUT2D eigenvalue weighted by atomic mass is 16.5. The Morgan fingerprint density at radius 2 is 2.19 bits per heavy atom. The van der Waals surface area contributed by atoms with Crippen LogP contribution >= 0.6 is 0 Å². The van der Waals surface area contributed by atoms with Gasteiger partial charge in [-0.25, -0.2) is 10.4 Å². The van der Waals surface area contributed by atoms with Gasteiger partial charge in [0, 0.05) is 6.20 Å². The minimum absolute atomic E-state index is 0.333. The normalized spacial score (nSPS) is 10.9. The van der Waals surface area contributed by atoms with Gasteiger partial charge in [-0.1, -0.05) is 18.7 Å². The number of methoxy groups -OCH3 is 1. The molecule has 1 amide bonds. The second kappa shape index (κ2) is 8.18. The number of aromatic nitrogens is 2. The number of pyridine rings is 1. The van der Waals surface area contributed by atoms with Gasteiger partial charge in [0.1, 0.15) is 17.9 Å². The average Bonchev–Trinajstić information content (AvgIpc) is 3.02. The molecule has 1 aromatic carbocycles. The van der Waals surface area contributed by atoms with Gasteiger partial charge in [-0.15, -0.1) is 0 Å². The zero-order valence-corrected chi connectivity index (χ0v) is 15.2. The van der Waals surface area contributed by atoms with Crippen LogP contribution in [0.5, 0.6) is 11.5 Å². The van der Waals surface area contributed by atoms with Crippen molar-refractivity contribution in [3.63, 3.8) is 0 Å². The SMILES string of the molecule is C=CCOc1ccc(/C=N/NC(=O)c2c(C)nc3ccccn23)cc1OC. The number of rotatable bonds is 7. The summed E-state index contributed by atoms with van der Waals surface area (Å²) in [5.74, 6) is 0.852. The summed E-state index contributed by atoms with van der Waals surface area (Å²) >= 11 is 0. The number of amides is 1. The van der Waals surface area contributed by atoms with Crippen LogP contribution in [0, 0.1) is 6.92 Å². The molecule has 7 nitrogen and oxygen atoms in total. The number of hydrogen-bond acceptors (Lipinski definition) is 5. The van der Waals surface area contributed by atoms with E-state index in [-0.39, 0.29) is 5.91 Å². The zero-order chi connectivity index (χ0) is 19.2. The summed E-state index contributed by atoms with van der Waals surface area (Å²) in [6.07, 6.45) is 4.99. The molecule has 7 heteroatoms. The van der Waals surface area contributed by atoms with E-state index in [0.29, 0.717) is 35.1 Å². The molecule has 0 aliphatic heterocycles. The molecule has 0 spiro atoms. The second-order valence-electron chi connectivity index (χ2n) is 5.68. The van der Waals surface area contributed by atoms with E-state index in [4.69, 9.17) is 9.47 Å². The number of carbonyl (C=O) groups is 1. The molecule has 2 heterocycles. The fourth-order valence-electron chi connectivity index (χ4n) is 2.64. The van der Waals surface area contributed by atoms with Crippen molar-refractivity contribution in [1.82, 2.24) is 14.8 Å². The van der Waals surface area contributed by atoms with Crippen LogP contribution in [0.15, 0.2) is 60.4 Å². The topological polar surface area (TPSA) is 77.2 Å². The molecule has 0 radical (unpaired) electrons. The Morgan fingerprint density at radius 1 is 1.33 bits per heavy atom. The molecule has 0 bridgehead atoms. The average molecular weight is 364 g/mol. The van der Waals surface area contributed by atoms with Gasteiger partial charge in [0.05, 0.1) is 19.0 Å². The first-order chi connectivity index (χ1) is 13.1. The highest BCUT2D eigenvalue weighted by Gasteiger charge is 2.15. The number of ether oxygens (including phenoxy) is 2. The summed E-state index contributed by atoms with van der Waals surface area (Å²) in [5.41, 5.74) is 5.10. The van der Waals surface area contributed by atoms with E-state index in [1.54, 1.807) is 42.8 Å². The number of imidazole rings is 1. The summed E-state index contributed by atoms with van der Waals surface area (Å²) in [7, 11) is 1.56. The number of hydrogen-bond donors (Lipinski definition) is 1. The molecule has 0 saturated carbocycles. The van der Waals surface area contributed by atoms with Crippen molar-refractivity contribution in [3.8, 4) is 11.5 Å². The molecule has 3 aromatic rings. The highest BCUT2D eigenvalue weighted by Crippen LogP contribution is 2.27. The molecule has 138 valence electrons. The Labute approximate surface area is 156 Å². The quantitative estimate of drug-likeness (QED) is 0.397. The molecule has 0 saturated heterocycles. The number of fused-ring (bicyclic) bond motifs is 1. The Hall–Kier alpha value is -3.61. The van der Waals surface area contributed by atoms with E-state index in [9.17, 15) is 4.79 Å². The number of hydrazone groups is 1. The molecule has 27 heavy (non-hydrogen) atoms. The van der Waals surface area contributed by atoms with Gasteiger partial charge in [-0.3, -0.25) is 9.20 Å². The van der Waals surface area contributed by atoms with Crippen LogP contribution in [-0.2, 0) is 0 Å². The van der Waals surface area contributed by atoms with Crippen LogP contribution in [0.4, 0.5) is 0 Å². The van der Waals surface area contributed by atoms with Crippen molar-refractivity contribution >= 4 is 17.8 Å². The van der Waals surface area contributed by atoms with Crippen LogP contribution in [0.2, 0.25) is 0 Å². The van der Waals surface area contributed by atoms with Crippen LogP contribution in [0.1, 0.15) is 21.7 Å². The molecule has 1 N–H and O–H groups in total. The monoisotopic (exact) mass is 364 g/mol. The van der Waals surface area contributed by atoms with Crippen molar-refractivity contribution < 1.29 is 14.3 Å². The second-order valence-corrected chi connectivity index (χ2v) is 5.68. The molecule has 2 aromatic heterocycles. The maximum atomic E-state index is 12.5. The third-order valence-corrected chi connectivity index (χ3v) is 3.84. The van der Waals surface area contributed by atoms with E-state index in [2.05, 4.69) is 22.1 Å². The molecule has 0 aliphatic carbocycles. The Balaban J connectivity index is 1.74. The number of carbonyl (C=O) groups excluding carboxylic acids is 1. The standard InChI is InChI=1S/C20H20N4O3/c1-4-11-27-16-9-8-15(12-17(16)26-3)13-21-23-20(25)19-14(2)22-18-7-5-6-10-24(18)19/h4-10,12-13H,1,11H2,2-3H3,(H,23,25)/b21-13+. The molecular formula is C20H20N4O3. The van der Waals surface area contributed by atoms with Crippen molar-refractivity contribution in [2.75, 3.05) is 13.7 Å². The van der Waals surface area contributed by atoms with Crippen molar-refractivity contribution in [1.29, 1.82) is 0 Å². The predicted molar refractivity (Wildman–Crippen MR) is 104 cm³/mol. The maximum absolute atomic E-state index is 12.5. The van der Waals surface area contributed by atoms with E-state index < -0.39 is 0 Å². The van der Waals surface area contributed by atoms with Crippen molar-refractivity contribution in [2.24, 2.45) is 5.10 Å². The Kier molecular flexibility index (Phi) is 5.51. The molecule has 0 aliphatic rings. The lowest BCUT2D eigenvalue weighted by Gasteiger charge is -2.09. The first-order valence-corrected chi connectivity index (χ1v) is 8.33. The molecular weight excluding hydrogens is 344 g/mol. The summed E-state index contributed by atoms with van der Waals surface area (Å²) in [4.78, 5) is 16.9. The van der Waals surface area contributed by atoms with Crippen LogP contribution < -0.4 is 14.9 Å². The van der Waals surface area contributed by atoms with E-state index in [1.807, 2.05) is 24.3 Å². The number of nitrogens with zero attached hydrogens (tertiary/aromatic N) is 3. The van der Waals surface area contributed by atoms with Gasteiger partial charge in [0.15, 0.2) is 11.5 Å². The van der Waals surface area contributed by atoms with Crippen LogP contribution in [0.3, 0.4) is 0 Å². The molecule has 0 atom stereocenters. The van der Waals surface area contributed by atoms with E-state index in [1.165, 1.54) is 6.21 Å². The maximum Gasteiger partial charge on any atom is 0.290 e.